The first kappa shape index (κ1) is 25.1. The molecular formula is C29H29N3O3S. The summed E-state index contributed by atoms with van der Waals surface area (Å²) >= 11 is 1.53. The average Bonchev–Trinajstić information content (AvgIpc) is 3.40. The van der Waals surface area contributed by atoms with Crippen LogP contribution >= 0.6 is 11.3 Å². The Balaban J connectivity index is 1.71. The predicted octanol–water partition coefficient (Wildman–Crippen LogP) is 5.40. The highest BCUT2D eigenvalue weighted by molar-refractivity contribution is 7.10. The van der Waals surface area contributed by atoms with Crippen molar-refractivity contribution >= 4 is 28.8 Å². The summed E-state index contributed by atoms with van der Waals surface area (Å²) < 4.78 is 5.22. The number of nitrogens with zero attached hydrogens (tertiary/aromatic N) is 2. The maximum atomic E-state index is 13.8. The number of carbonyl (C=O) groups excluding carboxylic acids is 2. The molecule has 0 aliphatic carbocycles. The molecule has 0 spiro atoms. The molecule has 0 bridgehead atoms. The molecule has 4 aromatic rings. The molecule has 4 rings (SSSR count). The van der Waals surface area contributed by atoms with Gasteiger partial charge in [0.25, 0.3) is 0 Å². The summed E-state index contributed by atoms with van der Waals surface area (Å²) in [7, 11) is 1.62. The normalized spacial score (nSPS) is 11.5. The molecule has 1 unspecified atom stereocenters. The summed E-state index contributed by atoms with van der Waals surface area (Å²) in [6, 6.07) is 20.0. The van der Waals surface area contributed by atoms with Crippen molar-refractivity contribution in [1.82, 2.24) is 10.3 Å². The van der Waals surface area contributed by atoms with Crippen molar-refractivity contribution in [3.63, 3.8) is 0 Å². The number of rotatable bonds is 9. The van der Waals surface area contributed by atoms with Crippen molar-refractivity contribution in [2.45, 2.75) is 32.9 Å². The second-order valence-corrected chi connectivity index (χ2v) is 9.59. The van der Waals surface area contributed by atoms with Crippen molar-refractivity contribution in [1.29, 1.82) is 0 Å². The van der Waals surface area contributed by atoms with Gasteiger partial charge in [0.05, 0.1) is 13.5 Å². The number of hydrogen-bond acceptors (Lipinski definition) is 5. The minimum Gasteiger partial charge on any atom is -0.497 e. The summed E-state index contributed by atoms with van der Waals surface area (Å²) in [6.07, 6.45) is 3.49. The van der Waals surface area contributed by atoms with Gasteiger partial charge in [-0.2, -0.15) is 0 Å². The molecule has 1 N–H and O–H groups in total. The summed E-state index contributed by atoms with van der Waals surface area (Å²) in [5.74, 6) is 0.335. The topological polar surface area (TPSA) is 71.5 Å². The molecule has 7 heteroatoms. The average molecular weight is 500 g/mol. The number of carbonyl (C=O) groups is 2. The van der Waals surface area contributed by atoms with Crippen molar-refractivity contribution in [2.75, 3.05) is 12.0 Å². The maximum absolute atomic E-state index is 13.8. The molecule has 2 amide bonds. The highest BCUT2D eigenvalue weighted by Crippen LogP contribution is 2.32. The lowest BCUT2D eigenvalue weighted by atomic mass is 10.0. The van der Waals surface area contributed by atoms with Crippen molar-refractivity contribution in [2.24, 2.45) is 0 Å². The quantitative estimate of drug-likeness (QED) is 0.335. The van der Waals surface area contributed by atoms with E-state index in [-0.39, 0.29) is 18.2 Å². The Morgan fingerprint density at radius 3 is 2.42 bits per heavy atom. The summed E-state index contributed by atoms with van der Waals surface area (Å²) in [4.78, 5) is 34.3. The summed E-state index contributed by atoms with van der Waals surface area (Å²) in [6.45, 7) is 4.30. The molecule has 0 aliphatic heterocycles. The smallest absolute Gasteiger partial charge is 0.248 e. The van der Waals surface area contributed by atoms with Crippen LogP contribution < -0.4 is 15.0 Å². The van der Waals surface area contributed by atoms with E-state index in [4.69, 9.17) is 4.74 Å². The minimum absolute atomic E-state index is 0.147. The molecule has 2 aromatic carbocycles. The number of anilines is 1. The Morgan fingerprint density at radius 2 is 1.78 bits per heavy atom. The van der Waals surface area contributed by atoms with Gasteiger partial charge in [-0.25, -0.2) is 0 Å². The maximum Gasteiger partial charge on any atom is 0.248 e. The molecule has 2 aromatic heterocycles. The standard InChI is InChI=1S/C29H29N3O3S/c1-20-6-11-26(21(2)17-20)32(27(33)18-25-5-4-16-36-25)28(23-12-14-30-15-13-23)29(34)31-19-22-7-9-24(35-3)10-8-22/h4-17,28H,18-19H2,1-3H3,(H,31,34). The number of amides is 2. The van der Waals surface area contributed by atoms with Crippen LogP contribution in [0.4, 0.5) is 5.69 Å². The second kappa shape index (κ2) is 11.6. The molecule has 6 nitrogen and oxygen atoms in total. The van der Waals surface area contributed by atoms with Gasteiger partial charge in [0, 0.05) is 29.5 Å². The summed E-state index contributed by atoms with van der Waals surface area (Å²) in [5, 5.41) is 4.99. The van der Waals surface area contributed by atoms with Crippen LogP contribution in [0.15, 0.2) is 84.5 Å². The Kier molecular flexibility index (Phi) is 8.13. The lowest BCUT2D eigenvalue weighted by Crippen LogP contribution is -2.44. The lowest BCUT2D eigenvalue weighted by molar-refractivity contribution is -0.126. The summed E-state index contributed by atoms with van der Waals surface area (Å²) in [5.41, 5.74) is 4.35. The van der Waals surface area contributed by atoms with E-state index < -0.39 is 6.04 Å². The van der Waals surface area contributed by atoms with Gasteiger partial charge < -0.3 is 10.1 Å². The number of aryl methyl sites for hydroxylation is 2. The minimum atomic E-state index is -0.861. The van der Waals surface area contributed by atoms with Crippen molar-refractivity contribution in [3.05, 3.63) is 112 Å². The zero-order chi connectivity index (χ0) is 25.5. The first-order chi connectivity index (χ1) is 17.5. The van der Waals surface area contributed by atoms with E-state index in [1.165, 1.54) is 11.3 Å². The Bertz CT molecular complexity index is 1310. The van der Waals surface area contributed by atoms with E-state index in [9.17, 15) is 9.59 Å². The number of benzene rings is 2. The second-order valence-electron chi connectivity index (χ2n) is 8.56. The molecule has 36 heavy (non-hydrogen) atoms. The zero-order valence-electron chi connectivity index (χ0n) is 20.6. The van der Waals surface area contributed by atoms with Crippen molar-refractivity contribution < 1.29 is 14.3 Å². The zero-order valence-corrected chi connectivity index (χ0v) is 21.4. The number of thiophene rings is 1. The number of hydrogen-bond donors (Lipinski definition) is 1. The van der Waals surface area contributed by atoms with Crippen LogP contribution in [-0.2, 0) is 22.6 Å². The number of methoxy groups -OCH3 is 1. The van der Waals surface area contributed by atoms with Crippen molar-refractivity contribution in [3.8, 4) is 5.75 Å². The van der Waals surface area contributed by atoms with Crippen LogP contribution in [0.5, 0.6) is 5.75 Å². The van der Waals surface area contributed by atoms with Crippen LogP contribution in [0, 0.1) is 13.8 Å². The van der Waals surface area contributed by atoms with Gasteiger partial charge in [0.2, 0.25) is 11.8 Å². The van der Waals surface area contributed by atoms with E-state index in [0.717, 1.165) is 27.3 Å². The lowest BCUT2D eigenvalue weighted by Gasteiger charge is -2.32. The van der Waals surface area contributed by atoms with Crippen LogP contribution in [0.3, 0.4) is 0 Å². The van der Waals surface area contributed by atoms with Gasteiger partial charge in [0.15, 0.2) is 0 Å². The fourth-order valence-corrected chi connectivity index (χ4v) is 4.83. The van der Waals surface area contributed by atoms with Crippen LogP contribution in [0.2, 0.25) is 0 Å². The molecule has 2 heterocycles. The molecule has 0 fully saturated rings. The first-order valence-corrected chi connectivity index (χ1v) is 12.6. The third kappa shape index (κ3) is 5.98. The van der Waals surface area contributed by atoms with E-state index in [1.54, 1.807) is 36.5 Å². The molecule has 0 saturated carbocycles. The third-order valence-corrected chi connectivity index (χ3v) is 6.82. The van der Waals surface area contributed by atoms with Crippen LogP contribution in [-0.4, -0.2) is 23.9 Å². The fourth-order valence-electron chi connectivity index (χ4n) is 4.13. The Hall–Kier alpha value is -3.97. The highest BCUT2D eigenvalue weighted by Gasteiger charge is 2.33. The van der Waals surface area contributed by atoms with E-state index in [2.05, 4.69) is 10.3 Å². The number of ether oxygens (including phenoxy) is 1. The SMILES string of the molecule is COc1ccc(CNC(=O)C(c2ccncc2)N(C(=O)Cc2cccs2)c2ccc(C)cc2C)cc1. The molecule has 0 aliphatic rings. The molecule has 0 saturated heterocycles. The van der Waals surface area contributed by atoms with E-state index in [0.29, 0.717) is 17.8 Å². The number of pyridine rings is 1. The van der Waals surface area contributed by atoms with E-state index >= 15 is 0 Å². The first-order valence-electron chi connectivity index (χ1n) is 11.7. The Morgan fingerprint density at radius 1 is 1.03 bits per heavy atom. The molecular weight excluding hydrogens is 470 g/mol. The predicted molar refractivity (Wildman–Crippen MR) is 143 cm³/mol. The van der Waals surface area contributed by atoms with Gasteiger partial charge in [0.1, 0.15) is 11.8 Å². The van der Waals surface area contributed by atoms with Gasteiger partial charge in [-0.15, -0.1) is 11.3 Å². The Labute approximate surface area is 215 Å². The monoisotopic (exact) mass is 499 g/mol. The van der Waals surface area contributed by atoms with E-state index in [1.807, 2.05) is 73.8 Å². The highest BCUT2D eigenvalue weighted by atomic mass is 32.1. The molecule has 1 atom stereocenters. The third-order valence-electron chi connectivity index (χ3n) is 5.94. The fraction of sp³-hybridized carbons (Fsp3) is 0.207. The molecule has 184 valence electrons. The van der Waals surface area contributed by atoms with Crippen LogP contribution in [0.1, 0.15) is 33.2 Å². The van der Waals surface area contributed by atoms with Gasteiger partial charge in [-0.3, -0.25) is 19.5 Å². The van der Waals surface area contributed by atoms with Gasteiger partial charge in [-0.05, 0) is 72.3 Å². The molecule has 0 radical (unpaired) electrons. The van der Waals surface area contributed by atoms with Gasteiger partial charge in [-0.1, -0.05) is 35.9 Å². The van der Waals surface area contributed by atoms with Crippen LogP contribution in [0.25, 0.3) is 0 Å². The largest absolute Gasteiger partial charge is 0.497 e. The number of nitrogens with one attached hydrogen (secondary N) is 1. The number of aromatic nitrogens is 1. The van der Waals surface area contributed by atoms with Gasteiger partial charge >= 0.3 is 0 Å².